The number of sulfonamides is 1. The van der Waals surface area contributed by atoms with E-state index in [2.05, 4.69) is 4.72 Å². The van der Waals surface area contributed by atoms with Crippen molar-refractivity contribution in [1.82, 2.24) is 4.72 Å². The van der Waals surface area contributed by atoms with Crippen LogP contribution in [0, 0.1) is 25.1 Å². The maximum atomic E-state index is 13.3. The first-order valence-corrected chi connectivity index (χ1v) is 9.14. The van der Waals surface area contributed by atoms with Crippen LogP contribution in [0.25, 0.3) is 0 Å². The van der Waals surface area contributed by atoms with Crippen molar-refractivity contribution < 1.29 is 12.8 Å². The SMILES string of the molecule is Cc1cc(F)cc(C)c1S(=O)(=O)NCC1(CCl)CCCC1. The van der Waals surface area contributed by atoms with Crippen LogP contribution in [0.2, 0.25) is 0 Å². The van der Waals surface area contributed by atoms with Crippen LogP contribution in [0.3, 0.4) is 0 Å². The third-order valence-electron chi connectivity index (χ3n) is 4.28. The van der Waals surface area contributed by atoms with Gasteiger partial charge in [0.15, 0.2) is 0 Å². The molecule has 1 aliphatic rings. The van der Waals surface area contributed by atoms with Gasteiger partial charge in [-0.05, 0) is 55.4 Å². The smallest absolute Gasteiger partial charge is 0.211 e. The van der Waals surface area contributed by atoms with Crippen LogP contribution in [0.5, 0.6) is 0 Å². The lowest BCUT2D eigenvalue weighted by Gasteiger charge is -2.26. The molecule has 21 heavy (non-hydrogen) atoms. The van der Waals surface area contributed by atoms with Crippen LogP contribution in [-0.2, 0) is 10.0 Å². The fourth-order valence-electron chi connectivity index (χ4n) is 3.12. The fraction of sp³-hybridized carbons (Fsp3) is 0.600. The Morgan fingerprint density at radius 1 is 1.24 bits per heavy atom. The predicted octanol–water partition coefficient (Wildman–Crippen LogP) is 3.52. The van der Waals surface area contributed by atoms with Crippen LogP contribution >= 0.6 is 11.6 Å². The minimum Gasteiger partial charge on any atom is -0.211 e. The Labute approximate surface area is 130 Å². The molecule has 0 aliphatic heterocycles. The third kappa shape index (κ3) is 3.58. The van der Waals surface area contributed by atoms with Gasteiger partial charge in [0.1, 0.15) is 5.82 Å². The molecule has 0 atom stereocenters. The lowest BCUT2D eigenvalue weighted by molar-refractivity contribution is 0.342. The molecule has 1 aliphatic carbocycles. The highest BCUT2D eigenvalue weighted by Gasteiger charge is 2.34. The molecular formula is C15H21ClFNO2S. The topological polar surface area (TPSA) is 46.2 Å². The van der Waals surface area contributed by atoms with Crippen molar-refractivity contribution in [3.05, 3.63) is 29.1 Å². The van der Waals surface area contributed by atoms with Gasteiger partial charge in [0, 0.05) is 12.4 Å². The first-order valence-electron chi connectivity index (χ1n) is 7.12. The second kappa shape index (κ2) is 6.23. The zero-order valence-corrected chi connectivity index (χ0v) is 14.0. The minimum atomic E-state index is -3.65. The van der Waals surface area contributed by atoms with Crippen LogP contribution in [-0.4, -0.2) is 20.8 Å². The van der Waals surface area contributed by atoms with E-state index >= 15 is 0 Å². The average Bonchev–Trinajstić information content (AvgIpc) is 2.84. The van der Waals surface area contributed by atoms with E-state index in [-0.39, 0.29) is 10.3 Å². The second-order valence-corrected chi connectivity index (χ2v) is 8.01. The molecule has 0 saturated heterocycles. The Kier molecular flexibility index (Phi) is 4.96. The van der Waals surface area contributed by atoms with Crippen LogP contribution in [0.4, 0.5) is 4.39 Å². The number of nitrogens with one attached hydrogen (secondary N) is 1. The molecule has 0 bridgehead atoms. The summed E-state index contributed by atoms with van der Waals surface area (Å²) in [4.78, 5) is 0.173. The first kappa shape index (κ1) is 16.7. The van der Waals surface area contributed by atoms with E-state index in [1.807, 2.05) is 0 Å². The normalized spacial score (nSPS) is 18.1. The Bertz CT molecular complexity index is 602. The summed E-state index contributed by atoms with van der Waals surface area (Å²) in [5.74, 6) is 0.0358. The van der Waals surface area contributed by atoms with Gasteiger partial charge in [0.25, 0.3) is 0 Å². The molecule has 0 aromatic heterocycles. The average molecular weight is 334 g/mol. The van der Waals surface area contributed by atoms with Gasteiger partial charge in [-0.25, -0.2) is 17.5 Å². The molecule has 0 unspecified atom stereocenters. The van der Waals surface area contributed by atoms with Crippen molar-refractivity contribution in [1.29, 1.82) is 0 Å². The second-order valence-electron chi connectivity index (χ2n) is 6.03. The summed E-state index contributed by atoms with van der Waals surface area (Å²) in [6.45, 7) is 3.56. The van der Waals surface area contributed by atoms with E-state index in [0.29, 0.717) is 23.6 Å². The van der Waals surface area contributed by atoms with Gasteiger partial charge in [-0.3, -0.25) is 0 Å². The van der Waals surface area contributed by atoms with Crippen molar-refractivity contribution in [2.75, 3.05) is 12.4 Å². The summed E-state index contributed by atoms with van der Waals surface area (Å²) in [6, 6.07) is 2.49. The molecule has 3 nitrogen and oxygen atoms in total. The number of halogens is 2. The number of benzene rings is 1. The highest BCUT2D eigenvalue weighted by atomic mass is 35.5. The quantitative estimate of drug-likeness (QED) is 0.838. The van der Waals surface area contributed by atoms with Crippen molar-refractivity contribution in [3.63, 3.8) is 0 Å². The Hall–Kier alpha value is -0.650. The van der Waals surface area contributed by atoms with Gasteiger partial charge >= 0.3 is 0 Å². The molecular weight excluding hydrogens is 313 g/mol. The van der Waals surface area contributed by atoms with E-state index in [1.165, 1.54) is 12.1 Å². The zero-order chi connectivity index (χ0) is 15.7. The van der Waals surface area contributed by atoms with Crippen LogP contribution in [0.15, 0.2) is 17.0 Å². The van der Waals surface area contributed by atoms with Gasteiger partial charge in [-0.1, -0.05) is 12.8 Å². The summed E-state index contributed by atoms with van der Waals surface area (Å²) in [5, 5.41) is 0. The molecule has 1 saturated carbocycles. The molecule has 1 aromatic carbocycles. The molecule has 1 N–H and O–H groups in total. The highest BCUT2D eigenvalue weighted by Crippen LogP contribution is 2.38. The number of alkyl halides is 1. The molecule has 118 valence electrons. The number of hydrogen-bond acceptors (Lipinski definition) is 2. The fourth-order valence-corrected chi connectivity index (χ4v) is 5.09. The summed E-state index contributed by atoms with van der Waals surface area (Å²) in [7, 11) is -3.65. The standard InChI is InChI=1S/C15H21ClFNO2S/c1-11-7-13(17)8-12(2)14(11)21(19,20)18-10-15(9-16)5-3-4-6-15/h7-8,18H,3-6,9-10H2,1-2H3. The van der Waals surface area contributed by atoms with E-state index in [4.69, 9.17) is 11.6 Å². The van der Waals surface area contributed by atoms with Crippen molar-refractivity contribution in [2.45, 2.75) is 44.4 Å². The van der Waals surface area contributed by atoms with Crippen molar-refractivity contribution in [2.24, 2.45) is 5.41 Å². The monoisotopic (exact) mass is 333 g/mol. The Morgan fingerprint density at radius 3 is 2.24 bits per heavy atom. The number of hydrogen-bond donors (Lipinski definition) is 1. The maximum Gasteiger partial charge on any atom is 0.241 e. The molecule has 0 radical (unpaired) electrons. The lowest BCUT2D eigenvalue weighted by Crippen LogP contribution is -2.37. The molecule has 2 rings (SSSR count). The van der Waals surface area contributed by atoms with E-state index in [1.54, 1.807) is 13.8 Å². The molecule has 1 fully saturated rings. The van der Waals surface area contributed by atoms with Crippen LogP contribution < -0.4 is 4.72 Å². The Morgan fingerprint density at radius 2 is 1.76 bits per heavy atom. The summed E-state index contributed by atoms with van der Waals surface area (Å²) >= 11 is 6.04. The Balaban J connectivity index is 2.23. The van der Waals surface area contributed by atoms with Gasteiger partial charge < -0.3 is 0 Å². The van der Waals surface area contributed by atoms with Crippen molar-refractivity contribution in [3.8, 4) is 0 Å². The minimum absolute atomic E-state index is 0.142. The molecule has 0 amide bonds. The van der Waals surface area contributed by atoms with Crippen molar-refractivity contribution >= 4 is 21.6 Å². The van der Waals surface area contributed by atoms with E-state index < -0.39 is 15.8 Å². The maximum absolute atomic E-state index is 13.3. The third-order valence-corrected chi connectivity index (χ3v) is 6.55. The molecule has 0 spiro atoms. The van der Waals surface area contributed by atoms with Gasteiger partial charge in [0.05, 0.1) is 4.90 Å². The zero-order valence-electron chi connectivity index (χ0n) is 12.4. The predicted molar refractivity (Wildman–Crippen MR) is 82.7 cm³/mol. The largest absolute Gasteiger partial charge is 0.241 e. The van der Waals surface area contributed by atoms with Gasteiger partial charge in [0.2, 0.25) is 10.0 Å². The number of aryl methyl sites for hydroxylation is 2. The number of rotatable bonds is 5. The molecule has 6 heteroatoms. The summed E-state index contributed by atoms with van der Waals surface area (Å²) in [6.07, 6.45) is 4.06. The van der Waals surface area contributed by atoms with Crippen LogP contribution in [0.1, 0.15) is 36.8 Å². The first-order chi connectivity index (χ1) is 9.80. The summed E-state index contributed by atoms with van der Waals surface area (Å²) < 4.78 is 41.0. The van der Waals surface area contributed by atoms with Gasteiger partial charge in [-0.2, -0.15) is 0 Å². The molecule has 1 aromatic rings. The van der Waals surface area contributed by atoms with E-state index in [9.17, 15) is 12.8 Å². The lowest BCUT2D eigenvalue weighted by atomic mass is 9.89. The molecule has 0 heterocycles. The van der Waals surface area contributed by atoms with Gasteiger partial charge in [-0.15, -0.1) is 11.6 Å². The summed E-state index contributed by atoms with van der Waals surface area (Å²) in [5.41, 5.74) is 0.703. The highest BCUT2D eigenvalue weighted by molar-refractivity contribution is 7.89. The van der Waals surface area contributed by atoms with E-state index in [0.717, 1.165) is 25.7 Å².